The Morgan fingerprint density at radius 1 is 1.20 bits per heavy atom. The van der Waals surface area contributed by atoms with Crippen molar-refractivity contribution in [3.05, 3.63) is 17.1 Å². The van der Waals surface area contributed by atoms with Crippen LogP contribution in [0.2, 0.25) is 0 Å². The van der Waals surface area contributed by atoms with Crippen LogP contribution in [0.4, 0.5) is 5.82 Å². The molecule has 0 amide bonds. The molecule has 108 valence electrons. The molecule has 0 unspecified atom stereocenters. The zero-order chi connectivity index (χ0) is 14.7. The van der Waals surface area contributed by atoms with Crippen molar-refractivity contribution in [3.8, 4) is 0 Å². The SMILES string of the molecule is Cc1nc(N)c2c(C)c(C)n(CC3(C(C)C)CC3)c2n1. The van der Waals surface area contributed by atoms with Gasteiger partial charge in [0, 0.05) is 12.2 Å². The molecular weight excluding hydrogens is 248 g/mol. The molecular formula is C16H24N4. The van der Waals surface area contributed by atoms with Gasteiger partial charge in [0.1, 0.15) is 17.3 Å². The third-order valence-electron chi connectivity index (χ3n) is 5.20. The minimum absolute atomic E-state index is 0.455. The molecule has 4 nitrogen and oxygen atoms in total. The molecule has 2 heterocycles. The maximum Gasteiger partial charge on any atom is 0.146 e. The zero-order valence-electron chi connectivity index (χ0n) is 13.1. The first-order valence-corrected chi connectivity index (χ1v) is 7.45. The van der Waals surface area contributed by atoms with Gasteiger partial charge in [0.25, 0.3) is 0 Å². The number of aryl methyl sites for hydroxylation is 2. The number of aromatic nitrogens is 3. The van der Waals surface area contributed by atoms with E-state index < -0.39 is 0 Å². The second-order valence-corrected chi connectivity index (χ2v) is 6.67. The highest BCUT2D eigenvalue weighted by Crippen LogP contribution is 2.53. The summed E-state index contributed by atoms with van der Waals surface area (Å²) in [5, 5.41) is 1.03. The van der Waals surface area contributed by atoms with E-state index in [1.807, 2.05) is 6.92 Å². The van der Waals surface area contributed by atoms with Crippen LogP contribution in [-0.4, -0.2) is 14.5 Å². The molecule has 1 fully saturated rings. The summed E-state index contributed by atoms with van der Waals surface area (Å²) in [6.07, 6.45) is 2.64. The highest BCUT2D eigenvalue weighted by molar-refractivity contribution is 5.91. The van der Waals surface area contributed by atoms with Gasteiger partial charge in [-0.15, -0.1) is 0 Å². The lowest BCUT2D eigenvalue weighted by atomic mass is 9.92. The van der Waals surface area contributed by atoms with Crippen molar-refractivity contribution in [2.24, 2.45) is 11.3 Å². The van der Waals surface area contributed by atoms with E-state index in [0.29, 0.717) is 17.2 Å². The molecule has 2 aromatic rings. The van der Waals surface area contributed by atoms with Gasteiger partial charge < -0.3 is 10.3 Å². The first-order valence-electron chi connectivity index (χ1n) is 7.45. The van der Waals surface area contributed by atoms with E-state index in [2.05, 4.69) is 42.2 Å². The van der Waals surface area contributed by atoms with Crippen molar-refractivity contribution < 1.29 is 0 Å². The van der Waals surface area contributed by atoms with Crippen molar-refractivity contribution >= 4 is 16.9 Å². The summed E-state index contributed by atoms with van der Waals surface area (Å²) in [6.45, 7) is 11.9. The average Bonchev–Trinajstić information content (AvgIpc) is 3.10. The van der Waals surface area contributed by atoms with Gasteiger partial charge in [-0.1, -0.05) is 13.8 Å². The molecule has 20 heavy (non-hydrogen) atoms. The van der Waals surface area contributed by atoms with E-state index in [1.54, 1.807) is 0 Å². The van der Waals surface area contributed by atoms with Crippen LogP contribution in [0.3, 0.4) is 0 Å². The second-order valence-electron chi connectivity index (χ2n) is 6.67. The lowest BCUT2D eigenvalue weighted by molar-refractivity contribution is 0.310. The average molecular weight is 272 g/mol. The monoisotopic (exact) mass is 272 g/mol. The molecule has 0 radical (unpaired) electrons. The standard InChI is InChI=1S/C16H24N4/c1-9(2)16(6-7-16)8-20-11(4)10(3)13-14(17)18-12(5)19-15(13)20/h9H,6-8H2,1-5H3,(H2,17,18,19). The highest BCUT2D eigenvalue weighted by atomic mass is 15.1. The Balaban J connectivity index is 2.18. The predicted molar refractivity (Wildman–Crippen MR) is 82.7 cm³/mol. The van der Waals surface area contributed by atoms with Gasteiger partial charge in [0.15, 0.2) is 0 Å². The molecule has 0 saturated heterocycles. The molecule has 0 aliphatic heterocycles. The van der Waals surface area contributed by atoms with Crippen LogP contribution in [0.25, 0.3) is 11.0 Å². The van der Waals surface area contributed by atoms with Crippen LogP contribution < -0.4 is 5.73 Å². The van der Waals surface area contributed by atoms with E-state index in [9.17, 15) is 0 Å². The van der Waals surface area contributed by atoms with E-state index in [1.165, 1.54) is 24.1 Å². The molecule has 1 aliphatic rings. The summed E-state index contributed by atoms with van der Waals surface area (Å²) in [5.41, 5.74) is 10.1. The summed E-state index contributed by atoms with van der Waals surface area (Å²) >= 11 is 0. The van der Waals surface area contributed by atoms with Gasteiger partial charge in [0.2, 0.25) is 0 Å². The largest absolute Gasteiger partial charge is 0.383 e. The zero-order valence-corrected chi connectivity index (χ0v) is 13.1. The van der Waals surface area contributed by atoms with Crippen LogP contribution in [0, 0.1) is 32.1 Å². The third kappa shape index (κ3) is 1.81. The Morgan fingerprint density at radius 2 is 1.85 bits per heavy atom. The quantitative estimate of drug-likeness (QED) is 0.932. The lowest BCUT2D eigenvalue weighted by Crippen LogP contribution is -2.19. The first-order chi connectivity index (χ1) is 9.35. The molecule has 0 atom stereocenters. The van der Waals surface area contributed by atoms with Crippen LogP contribution in [0.1, 0.15) is 43.8 Å². The van der Waals surface area contributed by atoms with Crippen molar-refractivity contribution in [1.29, 1.82) is 0 Å². The fraction of sp³-hybridized carbons (Fsp3) is 0.625. The van der Waals surface area contributed by atoms with Gasteiger partial charge in [0.05, 0.1) is 5.39 Å². The van der Waals surface area contributed by atoms with Crippen LogP contribution in [-0.2, 0) is 6.54 Å². The summed E-state index contributed by atoms with van der Waals surface area (Å²) in [5.74, 6) is 2.07. The number of hydrogen-bond acceptors (Lipinski definition) is 3. The summed E-state index contributed by atoms with van der Waals surface area (Å²) in [6, 6.07) is 0. The summed E-state index contributed by atoms with van der Waals surface area (Å²) < 4.78 is 2.36. The van der Waals surface area contributed by atoms with Gasteiger partial charge >= 0.3 is 0 Å². The van der Waals surface area contributed by atoms with Gasteiger partial charge in [-0.2, -0.15) is 0 Å². The number of rotatable bonds is 3. The van der Waals surface area contributed by atoms with Gasteiger partial charge in [-0.25, -0.2) is 9.97 Å². The third-order valence-corrected chi connectivity index (χ3v) is 5.20. The van der Waals surface area contributed by atoms with E-state index in [-0.39, 0.29) is 0 Å². The number of fused-ring (bicyclic) bond motifs is 1. The van der Waals surface area contributed by atoms with E-state index >= 15 is 0 Å². The number of hydrogen-bond donors (Lipinski definition) is 1. The van der Waals surface area contributed by atoms with Crippen molar-refractivity contribution in [2.75, 3.05) is 5.73 Å². The first kappa shape index (κ1) is 13.4. The fourth-order valence-corrected chi connectivity index (χ4v) is 3.26. The maximum atomic E-state index is 6.11. The van der Waals surface area contributed by atoms with Crippen LogP contribution in [0.5, 0.6) is 0 Å². The minimum atomic E-state index is 0.455. The molecule has 1 aliphatic carbocycles. The molecule has 2 aromatic heterocycles. The summed E-state index contributed by atoms with van der Waals surface area (Å²) in [4.78, 5) is 8.98. The molecule has 3 rings (SSSR count). The molecule has 0 bridgehead atoms. The number of nitrogen functional groups attached to an aromatic ring is 1. The Labute approximate surface area is 120 Å². The van der Waals surface area contributed by atoms with Crippen LogP contribution in [0.15, 0.2) is 0 Å². The van der Waals surface area contributed by atoms with Crippen molar-refractivity contribution in [2.45, 2.75) is 54.0 Å². The van der Waals surface area contributed by atoms with Gasteiger partial charge in [-0.3, -0.25) is 0 Å². The Morgan fingerprint density at radius 3 is 2.40 bits per heavy atom. The second kappa shape index (κ2) is 4.21. The number of nitrogens with two attached hydrogens (primary N) is 1. The fourth-order valence-electron chi connectivity index (χ4n) is 3.26. The summed E-state index contributed by atoms with van der Waals surface area (Å²) in [7, 11) is 0. The van der Waals surface area contributed by atoms with E-state index in [4.69, 9.17) is 5.73 Å². The Kier molecular flexibility index (Phi) is 2.82. The van der Waals surface area contributed by atoms with Crippen molar-refractivity contribution in [1.82, 2.24) is 14.5 Å². The normalized spacial score (nSPS) is 17.1. The predicted octanol–water partition coefficient (Wildman–Crippen LogP) is 3.37. The Bertz CT molecular complexity index is 678. The molecule has 0 aromatic carbocycles. The smallest absolute Gasteiger partial charge is 0.146 e. The lowest BCUT2D eigenvalue weighted by Gasteiger charge is -2.22. The maximum absolute atomic E-state index is 6.11. The Hall–Kier alpha value is -1.58. The molecule has 4 heteroatoms. The highest BCUT2D eigenvalue weighted by Gasteiger charge is 2.46. The number of anilines is 1. The minimum Gasteiger partial charge on any atom is -0.383 e. The molecule has 0 spiro atoms. The molecule has 1 saturated carbocycles. The van der Waals surface area contributed by atoms with E-state index in [0.717, 1.165) is 23.4 Å². The van der Waals surface area contributed by atoms with Crippen molar-refractivity contribution in [3.63, 3.8) is 0 Å². The number of nitrogens with zero attached hydrogens (tertiary/aromatic N) is 3. The van der Waals surface area contributed by atoms with Crippen LogP contribution >= 0.6 is 0 Å². The topological polar surface area (TPSA) is 56.7 Å². The van der Waals surface area contributed by atoms with Gasteiger partial charge in [-0.05, 0) is 50.5 Å². The molecule has 2 N–H and O–H groups in total.